The van der Waals surface area contributed by atoms with E-state index in [1.54, 1.807) is 24.3 Å². The molecule has 0 heterocycles. The minimum absolute atomic E-state index is 0.221. The third-order valence-corrected chi connectivity index (χ3v) is 5.74. The van der Waals surface area contributed by atoms with Crippen molar-refractivity contribution < 1.29 is 9.90 Å². The summed E-state index contributed by atoms with van der Waals surface area (Å²) in [7, 11) is 0. The van der Waals surface area contributed by atoms with Crippen LogP contribution in [0.15, 0.2) is 24.3 Å². The average molecular weight is 390 g/mol. The predicted molar refractivity (Wildman–Crippen MR) is 120 cm³/mol. The van der Waals surface area contributed by atoms with Crippen LogP contribution in [-0.2, 0) is 4.79 Å². The number of unbranched alkanes of at least 4 members (excludes halogenated alkanes) is 14. The van der Waals surface area contributed by atoms with E-state index < -0.39 is 0 Å². The molecule has 1 amide bonds. The van der Waals surface area contributed by atoms with Gasteiger partial charge in [-0.3, -0.25) is 4.79 Å². The molecule has 0 aromatic heterocycles. The molecule has 0 bridgehead atoms. The van der Waals surface area contributed by atoms with Crippen LogP contribution in [0.2, 0.25) is 0 Å². The molecular weight excluding hydrogens is 346 g/mol. The number of rotatable bonds is 18. The lowest BCUT2D eigenvalue weighted by molar-refractivity contribution is -0.119. The van der Waals surface area contributed by atoms with Crippen molar-refractivity contribution in [3.05, 3.63) is 29.8 Å². The maximum Gasteiger partial charge on any atom is 0.224 e. The Balaban J connectivity index is 1.95. The van der Waals surface area contributed by atoms with Gasteiger partial charge in [0.05, 0.1) is 5.92 Å². The fourth-order valence-electron chi connectivity index (χ4n) is 3.90. The first kappa shape index (κ1) is 24.5. The summed E-state index contributed by atoms with van der Waals surface area (Å²) in [6.45, 7) is 2.27. The molecule has 0 aliphatic carbocycles. The van der Waals surface area contributed by atoms with E-state index in [0.717, 1.165) is 18.4 Å². The van der Waals surface area contributed by atoms with Gasteiger partial charge in [-0.2, -0.15) is 0 Å². The van der Waals surface area contributed by atoms with Gasteiger partial charge in [-0.15, -0.1) is 0 Å². The quantitative estimate of drug-likeness (QED) is 0.260. The first-order chi connectivity index (χ1) is 13.6. The predicted octanol–water partition coefficient (Wildman–Crippen LogP) is 7.22. The van der Waals surface area contributed by atoms with Gasteiger partial charge < -0.3 is 10.8 Å². The number of phenols is 1. The Morgan fingerprint density at radius 1 is 0.750 bits per heavy atom. The zero-order valence-corrected chi connectivity index (χ0v) is 18.1. The molecule has 0 saturated heterocycles. The van der Waals surface area contributed by atoms with E-state index in [1.807, 2.05) is 0 Å². The summed E-state index contributed by atoms with van der Waals surface area (Å²) < 4.78 is 0. The second-order valence-electron chi connectivity index (χ2n) is 8.28. The van der Waals surface area contributed by atoms with E-state index in [-0.39, 0.29) is 17.6 Å². The maximum atomic E-state index is 11.7. The molecular formula is C25H43NO2. The highest BCUT2D eigenvalue weighted by Gasteiger charge is 2.17. The van der Waals surface area contributed by atoms with Crippen molar-refractivity contribution in [3.63, 3.8) is 0 Å². The van der Waals surface area contributed by atoms with Gasteiger partial charge in [0.25, 0.3) is 0 Å². The van der Waals surface area contributed by atoms with Gasteiger partial charge in [-0.25, -0.2) is 0 Å². The zero-order valence-electron chi connectivity index (χ0n) is 18.1. The molecule has 3 N–H and O–H groups in total. The number of nitrogens with two attached hydrogens (primary N) is 1. The number of carbonyl (C=O) groups is 1. The zero-order chi connectivity index (χ0) is 20.5. The lowest BCUT2D eigenvalue weighted by atomic mass is 9.92. The highest BCUT2D eigenvalue weighted by Crippen LogP contribution is 2.24. The summed E-state index contributed by atoms with van der Waals surface area (Å²) in [4.78, 5) is 11.7. The number of aromatic hydroxyl groups is 1. The molecule has 0 radical (unpaired) electrons. The first-order valence-corrected chi connectivity index (χ1v) is 11.7. The number of phenolic OH excluding ortho intramolecular Hbond substituents is 1. The fourth-order valence-corrected chi connectivity index (χ4v) is 3.90. The maximum absolute atomic E-state index is 11.7. The van der Waals surface area contributed by atoms with Crippen LogP contribution in [-0.4, -0.2) is 11.0 Å². The van der Waals surface area contributed by atoms with Crippen LogP contribution < -0.4 is 5.73 Å². The summed E-state index contributed by atoms with van der Waals surface area (Å²) in [6.07, 6.45) is 20.9. The lowest BCUT2D eigenvalue weighted by Crippen LogP contribution is -2.21. The van der Waals surface area contributed by atoms with E-state index >= 15 is 0 Å². The summed E-state index contributed by atoms with van der Waals surface area (Å²) in [5, 5.41) is 9.38. The molecule has 1 atom stereocenters. The van der Waals surface area contributed by atoms with E-state index in [2.05, 4.69) is 6.92 Å². The third kappa shape index (κ3) is 12.0. The SMILES string of the molecule is CCCCCCCCCCCCCCCCCC(C(N)=O)c1ccc(O)cc1. The van der Waals surface area contributed by atoms with Gasteiger partial charge >= 0.3 is 0 Å². The number of hydrogen-bond acceptors (Lipinski definition) is 2. The largest absolute Gasteiger partial charge is 0.508 e. The van der Waals surface area contributed by atoms with Gasteiger partial charge in [0.1, 0.15) is 5.75 Å². The average Bonchev–Trinajstić information content (AvgIpc) is 2.68. The van der Waals surface area contributed by atoms with Crippen molar-refractivity contribution in [2.24, 2.45) is 5.73 Å². The van der Waals surface area contributed by atoms with Crippen LogP contribution in [0.4, 0.5) is 0 Å². The number of carbonyl (C=O) groups excluding carboxylic acids is 1. The van der Waals surface area contributed by atoms with Crippen LogP contribution in [0.1, 0.15) is 121 Å². The molecule has 3 heteroatoms. The molecule has 1 aromatic rings. The second-order valence-corrected chi connectivity index (χ2v) is 8.28. The fraction of sp³-hybridized carbons (Fsp3) is 0.720. The Bertz CT molecular complexity index is 498. The Labute approximate surface area is 173 Å². The highest BCUT2D eigenvalue weighted by molar-refractivity contribution is 5.81. The van der Waals surface area contributed by atoms with Gasteiger partial charge in [-0.05, 0) is 24.1 Å². The van der Waals surface area contributed by atoms with Gasteiger partial charge in [0.15, 0.2) is 0 Å². The molecule has 28 heavy (non-hydrogen) atoms. The van der Waals surface area contributed by atoms with Crippen LogP contribution >= 0.6 is 0 Å². The molecule has 0 fully saturated rings. The monoisotopic (exact) mass is 389 g/mol. The van der Waals surface area contributed by atoms with Crippen molar-refractivity contribution in [1.82, 2.24) is 0 Å². The third-order valence-electron chi connectivity index (χ3n) is 5.74. The molecule has 0 saturated carbocycles. The van der Waals surface area contributed by atoms with E-state index in [0.29, 0.717) is 0 Å². The van der Waals surface area contributed by atoms with Crippen LogP contribution in [0.3, 0.4) is 0 Å². The van der Waals surface area contributed by atoms with E-state index in [1.165, 1.54) is 89.9 Å². The molecule has 160 valence electrons. The van der Waals surface area contributed by atoms with Crippen LogP contribution in [0.5, 0.6) is 5.75 Å². The molecule has 0 aliphatic rings. The topological polar surface area (TPSA) is 63.3 Å². The first-order valence-electron chi connectivity index (χ1n) is 11.7. The Kier molecular flexibility index (Phi) is 14.4. The van der Waals surface area contributed by atoms with E-state index in [4.69, 9.17) is 5.73 Å². The summed E-state index contributed by atoms with van der Waals surface area (Å²) in [5.41, 5.74) is 6.48. The van der Waals surface area contributed by atoms with Crippen LogP contribution in [0.25, 0.3) is 0 Å². The van der Waals surface area contributed by atoms with Crippen molar-refractivity contribution in [1.29, 1.82) is 0 Å². The van der Waals surface area contributed by atoms with E-state index in [9.17, 15) is 9.90 Å². The summed E-state index contributed by atoms with van der Waals surface area (Å²) in [5.74, 6) is -0.280. The molecule has 1 rings (SSSR count). The van der Waals surface area contributed by atoms with Crippen LogP contribution in [0, 0.1) is 0 Å². The van der Waals surface area contributed by atoms with Gasteiger partial charge in [-0.1, -0.05) is 115 Å². The Morgan fingerprint density at radius 3 is 1.54 bits per heavy atom. The molecule has 0 aliphatic heterocycles. The summed E-state index contributed by atoms with van der Waals surface area (Å²) >= 11 is 0. The minimum Gasteiger partial charge on any atom is -0.508 e. The second kappa shape index (κ2) is 16.4. The number of primary amides is 1. The number of hydrogen-bond donors (Lipinski definition) is 2. The summed E-state index contributed by atoms with van der Waals surface area (Å²) in [6, 6.07) is 6.85. The van der Waals surface area contributed by atoms with Crippen molar-refractivity contribution in [2.45, 2.75) is 116 Å². The molecule has 1 aromatic carbocycles. The molecule has 3 nitrogen and oxygen atoms in total. The van der Waals surface area contributed by atoms with Crippen molar-refractivity contribution in [2.75, 3.05) is 0 Å². The number of amides is 1. The van der Waals surface area contributed by atoms with Crippen molar-refractivity contribution in [3.8, 4) is 5.75 Å². The number of benzene rings is 1. The lowest BCUT2D eigenvalue weighted by Gasteiger charge is -2.13. The van der Waals surface area contributed by atoms with Gasteiger partial charge in [0.2, 0.25) is 5.91 Å². The Hall–Kier alpha value is -1.51. The van der Waals surface area contributed by atoms with Crippen molar-refractivity contribution >= 4 is 5.91 Å². The standard InChI is InChI=1S/C25H43NO2/c1-2-3-4-5-6-7-8-9-10-11-12-13-14-15-16-17-24(25(26)28)22-18-20-23(27)21-19-22/h18-21,24,27H,2-17H2,1H3,(H2,26,28). The minimum atomic E-state index is -0.268. The smallest absolute Gasteiger partial charge is 0.224 e. The van der Waals surface area contributed by atoms with Gasteiger partial charge in [0, 0.05) is 0 Å². The molecule has 1 unspecified atom stereocenters. The molecule has 0 spiro atoms. The Morgan fingerprint density at radius 2 is 1.14 bits per heavy atom. The highest BCUT2D eigenvalue weighted by atomic mass is 16.3. The normalized spacial score (nSPS) is 12.2.